The van der Waals surface area contributed by atoms with Crippen molar-refractivity contribution in [2.75, 3.05) is 19.7 Å². The molecule has 0 spiro atoms. The van der Waals surface area contributed by atoms with Gasteiger partial charge in [-0.2, -0.15) is 4.31 Å². The van der Waals surface area contributed by atoms with Crippen molar-refractivity contribution in [3.63, 3.8) is 0 Å². The van der Waals surface area contributed by atoms with Crippen molar-refractivity contribution in [2.24, 2.45) is 5.92 Å². The molecule has 0 bridgehead atoms. The van der Waals surface area contributed by atoms with E-state index in [1.54, 1.807) is 39.9 Å². The number of hydrogen-bond donors (Lipinski definition) is 0. The second kappa shape index (κ2) is 9.10. The Labute approximate surface area is 177 Å². The van der Waals surface area contributed by atoms with Crippen molar-refractivity contribution in [1.82, 2.24) is 14.5 Å². The number of nitrogens with zero attached hydrogens (tertiary/aromatic N) is 3. The smallest absolute Gasteiger partial charge is 0.243 e. The lowest BCUT2D eigenvalue weighted by molar-refractivity contribution is 0.318. The standard InChI is InChI=1S/C21H29N3O3S2/c1-2-27-18-7-9-19(10-8-18)29(25,26)24-13-11-17(12-14-24)21-23-22-20(28-21)15-16-5-3-4-6-16/h7-10,16-17H,2-6,11-15H2,1H3. The molecule has 0 radical (unpaired) electrons. The first kappa shape index (κ1) is 20.8. The number of hydrogen-bond acceptors (Lipinski definition) is 6. The third-order valence-corrected chi connectivity index (χ3v) is 9.02. The lowest BCUT2D eigenvalue weighted by Crippen LogP contribution is -2.37. The molecule has 4 rings (SSSR count). The first-order chi connectivity index (χ1) is 14.1. The zero-order valence-electron chi connectivity index (χ0n) is 16.9. The van der Waals surface area contributed by atoms with E-state index < -0.39 is 10.0 Å². The third-order valence-electron chi connectivity index (χ3n) is 6.00. The van der Waals surface area contributed by atoms with Crippen LogP contribution in [0, 0.1) is 5.92 Å². The van der Waals surface area contributed by atoms with E-state index in [9.17, 15) is 8.42 Å². The first-order valence-electron chi connectivity index (χ1n) is 10.6. The highest BCUT2D eigenvalue weighted by atomic mass is 32.2. The number of sulfonamides is 1. The van der Waals surface area contributed by atoms with Crippen LogP contribution in [0.4, 0.5) is 0 Å². The number of benzene rings is 1. The van der Waals surface area contributed by atoms with Crippen molar-refractivity contribution < 1.29 is 13.2 Å². The van der Waals surface area contributed by atoms with Gasteiger partial charge in [0.05, 0.1) is 11.5 Å². The lowest BCUT2D eigenvalue weighted by Gasteiger charge is -2.30. The fraction of sp³-hybridized carbons (Fsp3) is 0.619. The van der Waals surface area contributed by atoms with Gasteiger partial charge in [-0.25, -0.2) is 8.42 Å². The summed E-state index contributed by atoms with van der Waals surface area (Å²) in [6.45, 7) is 3.52. The molecule has 1 saturated heterocycles. The van der Waals surface area contributed by atoms with Gasteiger partial charge in [-0.3, -0.25) is 0 Å². The van der Waals surface area contributed by atoms with Crippen molar-refractivity contribution >= 4 is 21.4 Å². The second-order valence-corrected chi connectivity index (χ2v) is 11.0. The van der Waals surface area contributed by atoms with Crippen LogP contribution in [0.5, 0.6) is 5.75 Å². The zero-order valence-corrected chi connectivity index (χ0v) is 18.6. The van der Waals surface area contributed by atoms with Crippen molar-refractivity contribution in [2.45, 2.75) is 62.7 Å². The van der Waals surface area contributed by atoms with Crippen LogP contribution in [0.2, 0.25) is 0 Å². The molecule has 0 N–H and O–H groups in total. The average Bonchev–Trinajstić information content (AvgIpc) is 3.41. The minimum absolute atomic E-state index is 0.316. The number of piperidine rings is 1. The molecule has 2 aliphatic rings. The van der Waals surface area contributed by atoms with Crippen LogP contribution >= 0.6 is 11.3 Å². The molecule has 0 amide bonds. The molecule has 2 fully saturated rings. The molecule has 1 aromatic carbocycles. The summed E-state index contributed by atoms with van der Waals surface area (Å²) in [5.74, 6) is 1.78. The van der Waals surface area contributed by atoms with Crippen LogP contribution in [-0.4, -0.2) is 42.6 Å². The predicted molar refractivity (Wildman–Crippen MR) is 114 cm³/mol. The molecule has 29 heavy (non-hydrogen) atoms. The summed E-state index contributed by atoms with van der Waals surface area (Å²) in [6.07, 6.45) is 7.98. The Kier molecular flexibility index (Phi) is 6.51. The monoisotopic (exact) mass is 435 g/mol. The number of rotatable bonds is 7. The molecule has 2 aromatic rings. The Balaban J connectivity index is 1.35. The summed E-state index contributed by atoms with van der Waals surface area (Å²) < 4.78 is 32.9. The predicted octanol–water partition coefficient (Wildman–Crippen LogP) is 4.24. The molecular formula is C21H29N3O3S2. The fourth-order valence-corrected chi connectivity index (χ4v) is 6.94. The quantitative estimate of drug-likeness (QED) is 0.650. The minimum atomic E-state index is -3.46. The van der Waals surface area contributed by atoms with Gasteiger partial charge in [0.15, 0.2) is 0 Å². The van der Waals surface area contributed by atoms with E-state index in [-0.39, 0.29) is 0 Å². The second-order valence-electron chi connectivity index (χ2n) is 7.97. The van der Waals surface area contributed by atoms with Crippen LogP contribution in [-0.2, 0) is 16.4 Å². The van der Waals surface area contributed by atoms with E-state index in [1.807, 2.05) is 6.92 Å². The van der Waals surface area contributed by atoms with Gasteiger partial charge in [0.25, 0.3) is 0 Å². The topological polar surface area (TPSA) is 72.4 Å². The molecule has 6 nitrogen and oxygen atoms in total. The highest BCUT2D eigenvalue weighted by molar-refractivity contribution is 7.89. The Morgan fingerprint density at radius 1 is 1.07 bits per heavy atom. The van der Waals surface area contributed by atoms with E-state index in [1.165, 1.54) is 25.7 Å². The van der Waals surface area contributed by atoms with Crippen LogP contribution in [0.3, 0.4) is 0 Å². The highest BCUT2D eigenvalue weighted by Crippen LogP contribution is 2.34. The normalized spacial score (nSPS) is 19.6. The minimum Gasteiger partial charge on any atom is -0.494 e. The van der Waals surface area contributed by atoms with E-state index in [4.69, 9.17) is 4.74 Å². The molecule has 0 unspecified atom stereocenters. The summed E-state index contributed by atoms with van der Waals surface area (Å²) >= 11 is 1.73. The van der Waals surface area contributed by atoms with E-state index >= 15 is 0 Å². The van der Waals surface area contributed by atoms with Crippen molar-refractivity contribution in [3.05, 3.63) is 34.3 Å². The van der Waals surface area contributed by atoms with Gasteiger partial charge in [-0.15, -0.1) is 21.5 Å². The molecular weight excluding hydrogens is 406 g/mol. The van der Waals surface area contributed by atoms with E-state index in [0.29, 0.717) is 36.3 Å². The molecule has 0 atom stereocenters. The maximum Gasteiger partial charge on any atom is 0.243 e. The first-order valence-corrected chi connectivity index (χ1v) is 12.9. The largest absolute Gasteiger partial charge is 0.494 e. The van der Waals surface area contributed by atoms with Crippen molar-refractivity contribution in [1.29, 1.82) is 0 Å². The summed E-state index contributed by atoms with van der Waals surface area (Å²) in [5, 5.41) is 11.1. The van der Waals surface area contributed by atoms with Gasteiger partial charge in [0.2, 0.25) is 10.0 Å². The summed E-state index contributed by atoms with van der Waals surface area (Å²) in [5.41, 5.74) is 0. The molecule has 8 heteroatoms. The SMILES string of the molecule is CCOc1ccc(S(=O)(=O)N2CCC(c3nnc(CC4CCCC4)s3)CC2)cc1. The van der Waals surface area contributed by atoms with Crippen LogP contribution < -0.4 is 4.74 Å². The Morgan fingerprint density at radius 3 is 2.41 bits per heavy atom. The molecule has 158 valence electrons. The summed E-state index contributed by atoms with van der Waals surface area (Å²) in [4.78, 5) is 0.328. The molecule has 1 aliphatic heterocycles. The summed E-state index contributed by atoms with van der Waals surface area (Å²) in [7, 11) is -3.46. The molecule has 1 aromatic heterocycles. The highest BCUT2D eigenvalue weighted by Gasteiger charge is 2.31. The Morgan fingerprint density at radius 2 is 1.76 bits per heavy atom. The van der Waals surface area contributed by atoms with Gasteiger partial charge in [-0.1, -0.05) is 25.7 Å². The van der Waals surface area contributed by atoms with Crippen molar-refractivity contribution in [3.8, 4) is 5.75 Å². The van der Waals surface area contributed by atoms with E-state index in [2.05, 4.69) is 10.2 Å². The third kappa shape index (κ3) is 4.81. The molecule has 1 saturated carbocycles. The maximum atomic E-state index is 13.0. The van der Waals surface area contributed by atoms with Gasteiger partial charge >= 0.3 is 0 Å². The van der Waals surface area contributed by atoms with E-state index in [0.717, 1.165) is 35.2 Å². The maximum absolute atomic E-state index is 13.0. The zero-order chi connectivity index (χ0) is 20.3. The molecule has 1 aliphatic carbocycles. The van der Waals surface area contributed by atoms with Gasteiger partial charge in [-0.05, 0) is 49.9 Å². The fourth-order valence-electron chi connectivity index (χ4n) is 4.34. The number of ether oxygens (including phenoxy) is 1. The van der Waals surface area contributed by atoms with Crippen LogP contribution in [0.25, 0.3) is 0 Å². The van der Waals surface area contributed by atoms with Crippen LogP contribution in [0.1, 0.15) is 61.4 Å². The van der Waals surface area contributed by atoms with Gasteiger partial charge in [0, 0.05) is 25.4 Å². The Hall–Kier alpha value is -1.51. The summed E-state index contributed by atoms with van der Waals surface area (Å²) in [6, 6.07) is 6.70. The average molecular weight is 436 g/mol. The Bertz CT molecular complexity index is 898. The number of aromatic nitrogens is 2. The van der Waals surface area contributed by atoms with Gasteiger partial charge in [0.1, 0.15) is 15.8 Å². The van der Waals surface area contributed by atoms with Gasteiger partial charge < -0.3 is 4.74 Å². The lowest BCUT2D eigenvalue weighted by atomic mass is 9.99. The molecule has 2 heterocycles. The van der Waals surface area contributed by atoms with Crippen LogP contribution in [0.15, 0.2) is 29.2 Å².